The van der Waals surface area contributed by atoms with E-state index in [0.717, 1.165) is 5.69 Å². The lowest BCUT2D eigenvalue weighted by Gasteiger charge is -2.36. The first-order valence-electron chi connectivity index (χ1n) is 7.32. The quantitative estimate of drug-likeness (QED) is 0.806. The lowest BCUT2D eigenvalue weighted by molar-refractivity contribution is 0.0944. The van der Waals surface area contributed by atoms with Crippen LogP contribution in [0, 0.1) is 0 Å². The molecule has 1 unspecified atom stereocenters. The molecule has 0 fully saturated rings. The molecule has 118 valence electrons. The van der Waals surface area contributed by atoms with E-state index in [4.69, 9.17) is 0 Å². The van der Waals surface area contributed by atoms with Gasteiger partial charge in [0, 0.05) is 30.1 Å². The fraction of sp³-hybridized carbons (Fsp3) is 0.176. The Morgan fingerprint density at radius 2 is 1.96 bits per heavy atom. The van der Waals surface area contributed by atoms with Gasteiger partial charge < -0.3 is 20.4 Å². The molecule has 0 radical (unpaired) electrons. The van der Waals surface area contributed by atoms with Crippen molar-refractivity contribution in [2.45, 2.75) is 13.2 Å². The number of rotatable bonds is 3. The van der Waals surface area contributed by atoms with Crippen molar-refractivity contribution in [1.29, 1.82) is 0 Å². The van der Waals surface area contributed by atoms with Gasteiger partial charge in [-0.3, -0.25) is 9.78 Å². The van der Waals surface area contributed by atoms with Crippen molar-refractivity contribution in [3.63, 3.8) is 0 Å². The number of likely N-dealkylation sites (N-methyl/N-ethyl adjacent to an activating group) is 1. The summed E-state index contributed by atoms with van der Waals surface area (Å²) in [5.74, 6) is -0.538. The number of hydrogen-bond acceptors (Lipinski definition) is 5. The Hall–Kier alpha value is -2.86. The second kappa shape index (κ2) is 6.10. The van der Waals surface area contributed by atoms with E-state index in [2.05, 4.69) is 10.3 Å². The van der Waals surface area contributed by atoms with Gasteiger partial charge in [-0.25, -0.2) is 0 Å². The summed E-state index contributed by atoms with van der Waals surface area (Å²) in [5.41, 5.74) is 1.77. The number of benzene rings is 1. The zero-order valence-electron chi connectivity index (χ0n) is 12.6. The molecule has 1 aromatic carbocycles. The molecule has 0 bridgehead atoms. The molecular weight excluding hydrogens is 294 g/mol. The molecule has 3 rings (SSSR count). The number of hydrogen-bond donors (Lipinski definition) is 3. The van der Waals surface area contributed by atoms with Gasteiger partial charge in [0.2, 0.25) is 0 Å². The van der Waals surface area contributed by atoms with Gasteiger partial charge in [0.15, 0.2) is 6.23 Å². The highest BCUT2D eigenvalue weighted by atomic mass is 16.3. The van der Waals surface area contributed by atoms with E-state index in [1.165, 1.54) is 12.4 Å². The largest absolute Gasteiger partial charge is 0.505 e. The Morgan fingerprint density at radius 3 is 2.65 bits per heavy atom. The number of para-hydroxylation sites is 1. The molecule has 1 atom stereocenters. The minimum Gasteiger partial charge on any atom is -0.505 e. The summed E-state index contributed by atoms with van der Waals surface area (Å²) >= 11 is 0. The third-order valence-corrected chi connectivity index (χ3v) is 3.81. The summed E-state index contributed by atoms with van der Waals surface area (Å²) in [5, 5.41) is 23.6. The summed E-state index contributed by atoms with van der Waals surface area (Å²) in [4.78, 5) is 17.9. The topological polar surface area (TPSA) is 85.7 Å². The Bertz CT molecular complexity index is 759. The minimum absolute atomic E-state index is 0.0763. The standard InChI is InChI=1S/C17H17N3O3/c1-2-20-13-6-4-3-5-12(13)15(21)14(17(20)23)19-16(22)11-7-9-18-10-8-11/h3-10,17,21,23H,2H2,1H3,(H,19,22). The highest BCUT2D eigenvalue weighted by molar-refractivity contribution is 5.96. The highest BCUT2D eigenvalue weighted by Gasteiger charge is 2.32. The first kappa shape index (κ1) is 15.1. The van der Waals surface area contributed by atoms with E-state index in [1.807, 2.05) is 19.1 Å². The van der Waals surface area contributed by atoms with Crippen LogP contribution in [-0.2, 0) is 0 Å². The molecule has 1 amide bonds. The molecule has 23 heavy (non-hydrogen) atoms. The number of nitrogens with zero attached hydrogens (tertiary/aromatic N) is 2. The molecule has 3 N–H and O–H groups in total. The Labute approximate surface area is 133 Å². The third-order valence-electron chi connectivity index (χ3n) is 3.81. The number of anilines is 1. The van der Waals surface area contributed by atoms with Crippen LogP contribution in [0.1, 0.15) is 22.8 Å². The fourth-order valence-electron chi connectivity index (χ4n) is 2.64. The smallest absolute Gasteiger partial charge is 0.255 e. The maximum absolute atomic E-state index is 12.3. The average Bonchev–Trinajstić information content (AvgIpc) is 2.60. The third kappa shape index (κ3) is 2.64. The van der Waals surface area contributed by atoms with Crippen LogP contribution in [0.2, 0.25) is 0 Å². The molecule has 2 aromatic rings. The molecule has 0 spiro atoms. The lowest BCUT2D eigenvalue weighted by Crippen LogP contribution is -2.45. The van der Waals surface area contributed by atoms with E-state index in [1.54, 1.807) is 29.2 Å². The van der Waals surface area contributed by atoms with Gasteiger partial charge in [-0.15, -0.1) is 0 Å². The van der Waals surface area contributed by atoms with E-state index in [9.17, 15) is 15.0 Å². The first-order valence-corrected chi connectivity index (χ1v) is 7.32. The maximum atomic E-state index is 12.3. The van der Waals surface area contributed by atoms with Crippen LogP contribution in [-0.4, -0.2) is 33.9 Å². The van der Waals surface area contributed by atoms with Crippen molar-refractivity contribution >= 4 is 17.4 Å². The molecule has 6 heteroatoms. The minimum atomic E-state index is -1.12. The highest BCUT2D eigenvalue weighted by Crippen LogP contribution is 2.34. The van der Waals surface area contributed by atoms with Crippen LogP contribution in [0.5, 0.6) is 0 Å². The van der Waals surface area contributed by atoms with Crippen LogP contribution in [0.15, 0.2) is 54.5 Å². The number of carbonyl (C=O) groups excluding carboxylic acids is 1. The van der Waals surface area contributed by atoms with E-state index >= 15 is 0 Å². The Kier molecular flexibility index (Phi) is 3.99. The molecule has 1 aliphatic rings. The molecule has 0 aliphatic carbocycles. The summed E-state index contributed by atoms with van der Waals surface area (Å²) in [7, 11) is 0. The number of aliphatic hydroxyl groups is 2. The number of carbonyl (C=O) groups is 1. The van der Waals surface area contributed by atoms with Gasteiger partial charge in [0.1, 0.15) is 11.5 Å². The summed E-state index contributed by atoms with van der Waals surface area (Å²) < 4.78 is 0. The molecule has 0 saturated carbocycles. The van der Waals surface area contributed by atoms with Gasteiger partial charge in [-0.1, -0.05) is 12.1 Å². The average molecular weight is 311 g/mol. The van der Waals surface area contributed by atoms with Crippen molar-refractivity contribution in [2.75, 3.05) is 11.4 Å². The van der Waals surface area contributed by atoms with Crippen molar-refractivity contribution in [2.24, 2.45) is 0 Å². The molecule has 6 nitrogen and oxygen atoms in total. The van der Waals surface area contributed by atoms with Crippen molar-refractivity contribution in [3.05, 3.63) is 65.6 Å². The molecule has 0 saturated heterocycles. The molecular formula is C17H17N3O3. The van der Waals surface area contributed by atoms with Crippen molar-refractivity contribution < 1.29 is 15.0 Å². The number of amides is 1. The van der Waals surface area contributed by atoms with Crippen molar-refractivity contribution in [1.82, 2.24) is 10.3 Å². The zero-order chi connectivity index (χ0) is 16.4. The second-order valence-corrected chi connectivity index (χ2v) is 5.13. The van der Waals surface area contributed by atoms with Gasteiger partial charge in [-0.05, 0) is 31.2 Å². The summed E-state index contributed by atoms with van der Waals surface area (Å²) in [6, 6.07) is 10.3. The van der Waals surface area contributed by atoms with E-state index in [-0.39, 0.29) is 11.5 Å². The molecule has 2 heterocycles. The van der Waals surface area contributed by atoms with Crippen LogP contribution < -0.4 is 10.2 Å². The predicted molar refractivity (Wildman–Crippen MR) is 86.7 cm³/mol. The predicted octanol–water partition coefficient (Wildman–Crippen LogP) is 1.90. The number of nitrogens with one attached hydrogen (secondary N) is 1. The normalized spacial score (nSPS) is 17.0. The van der Waals surface area contributed by atoms with Crippen LogP contribution in [0.4, 0.5) is 5.69 Å². The lowest BCUT2D eigenvalue weighted by atomic mass is 10.0. The van der Waals surface area contributed by atoms with Crippen LogP contribution in [0.25, 0.3) is 5.76 Å². The van der Waals surface area contributed by atoms with Crippen LogP contribution >= 0.6 is 0 Å². The van der Waals surface area contributed by atoms with Gasteiger partial charge in [-0.2, -0.15) is 0 Å². The van der Waals surface area contributed by atoms with E-state index < -0.39 is 12.1 Å². The molecule has 1 aliphatic heterocycles. The molecule has 1 aromatic heterocycles. The zero-order valence-corrected chi connectivity index (χ0v) is 12.6. The first-order chi connectivity index (χ1) is 11.1. The number of pyridine rings is 1. The fourth-order valence-corrected chi connectivity index (χ4v) is 2.64. The SMILES string of the molecule is CCN1c2ccccc2C(O)=C(NC(=O)c2ccncc2)C1O. The summed E-state index contributed by atoms with van der Waals surface area (Å²) in [6.45, 7) is 2.42. The second-order valence-electron chi connectivity index (χ2n) is 5.13. The van der Waals surface area contributed by atoms with Gasteiger partial charge in [0.05, 0.1) is 5.69 Å². The number of aliphatic hydroxyl groups excluding tert-OH is 2. The van der Waals surface area contributed by atoms with Gasteiger partial charge >= 0.3 is 0 Å². The number of aromatic nitrogens is 1. The summed E-state index contributed by atoms with van der Waals surface area (Å²) in [6.07, 6.45) is 1.89. The Balaban J connectivity index is 1.99. The number of fused-ring (bicyclic) bond motifs is 1. The monoisotopic (exact) mass is 311 g/mol. The van der Waals surface area contributed by atoms with Crippen molar-refractivity contribution in [3.8, 4) is 0 Å². The van der Waals surface area contributed by atoms with Gasteiger partial charge in [0.25, 0.3) is 5.91 Å². The van der Waals surface area contributed by atoms with Crippen LogP contribution in [0.3, 0.4) is 0 Å². The maximum Gasteiger partial charge on any atom is 0.255 e. The van der Waals surface area contributed by atoms with E-state index in [0.29, 0.717) is 17.7 Å². The Morgan fingerprint density at radius 1 is 1.26 bits per heavy atom.